The molecule has 3 rings (SSSR count). The van der Waals surface area contributed by atoms with Crippen LogP contribution in [0, 0.1) is 5.41 Å². The van der Waals surface area contributed by atoms with Crippen molar-refractivity contribution in [1.29, 1.82) is 0 Å². The van der Waals surface area contributed by atoms with Crippen molar-refractivity contribution in [3.63, 3.8) is 0 Å². The zero-order chi connectivity index (χ0) is 15.7. The monoisotopic (exact) mass is 322 g/mol. The van der Waals surface area contributed by atoms with Gasteiger partial charge in [0.2, 0.25) is 5.91 Å². The summed E-state index contributed by atoms with van der Waals surface area (Å²) in [6.45, 7) is 5.01. The predicted molar refractivity (Wildman–Crippen MR) is 84.7 cm³/mol. The number of amides is 1. The van der Waals surface area contributed by atoms with E-state index in [4.69, 9.17) is 0 Å². The first-order valence-corrected chi connectivity index (χ1v) is 8.67. The van der Waals surface area contributed by atoms with E-state index in [0.29, 0.717) is 13.0 Å². The Kier molecular flexibility index (Phi) is 4.23. The first-order chi connectivity index (χ1) is 10.5. The van der Waals surface area contributed by atoms with Gasteiger partial charge in [-0.1, -0.05) is 0 Å². The second-order valence-corrected chi connectivity index (χ2v) is 7.39. The van der Waals surface area contributed by atoms with Gasteiger partial charge in [0.05, 0.1) is 0 Å². The fourth-order valence-corrected chi connectivity index (χ4v) is 4.46. The van der Waals surface area contributed by atoms with Gasteiger partial charge < -0.3 is 10.0 Å². The lowest BCUT2D eigenvalue weighted by molar-refractivity contribution is -0.147. The molecule has 1 unspecified atom stereocenters. The molecule has 0 bridgehead atoms. The van der Waals surface area contributed by atoms with Gasteiger partial charge in [0.15, 0.2) is 0 Å². The molecule has 6 heteroatoms. The third-order valence-corrected chi connectivity index (χ3v) is 5.83. The minimum Gasteiger partial charge on any atom is -0.480 e. The van der Waals surface area contributed by atoms with E-state index in [1.807, 2.05) is 0 Å². The highest BCUT2D eigenvalue weighted by Gasteiger charge is 2.48. The number of thiophene rings is 1. The van der Waals surface area contributed by atoms with Crippen LogP contribution in [0.5, 0.6) is 0 Å². The number of aliphatic carboxylic acids is 1. The highest BCUT2D eigenvalue weighted by Crippen LogP contribution is 2.43. The third-order valence-electron chi connectivity index (χ3n) is 5.10. The number of hydrogen-bond acceptors (Lipinski definition) is 4. The average molecular weight is 322 g/mol. The Morgan fingerprint density at radius 2 is 2.14 bits per heavy atom. The molecule has 1 atom stereocenters. The molecule has 1 aromatic heterocycles. The molecule has 0 aromatic carbocycles. The van der Waals surface area contributed by atoms with Crippen molar-refractivity contribution in [2.24, 2.45) is 5.41 Å². The van der Waals surface area contributed by atoms with Crippen molar-refractivity contribution < 1.29 is 14.7 Å². The quantitative estimate of drug-likeness (QED) is 0.925. The van der Waals surface area contributed by atoms with Crippen LogP contribution in [-0.4, -0.2) is 52.5 Å². The maximum absolute atomic E-state index is 11.7. The van der Waals surface area contributed by atoms with Crippen molar-refractivity contribution in [2.45, 2.75) is 38.8 Å². The Bertz CT molecular complexity index is 526. The highest BCUT2D eigenvalue weighted by molar-refractivity contribution is 7.07. The topological polar surface area (TPSA) is 60.9 Å². The molecule has 2 fully saturated rings. The first-order valence-electron chi connectivity index (χ1n) is 7.73. The summed E-state index contributed by atoms with van der Waals surface area (Å²) in [5.74, 6) is -0.988. The number of carbonyl (C=O) groups is 2. The smallest absolute Gasteiger partial charge is 0.326 e. The summed E-state index contributed by atoms with van der Waals surface area (Å²) in [6, 6.07) is 1.52. The predicted octanol–water partition coefficient (Wildman–Crippen LogP) is 2.04. The van der Waals surface area contributed by atoms with Crippen LogP contribution in [0.15, 0.2) is 16.8 Å². The highest BCUT2D eigenvalue weighted by atomic mass is 32.1. The summed E-state index contributed by atoms with van der Waals surface area (Å²) in [4.78, 5) is 27.1. The Hall–Kier alpha value is -1.40. The van der Waals surface area contributed by atoms with Crippen molar-refractivity contribution >= 4 is 23.2 Å². The van der Waals surface area contributed by atoms with Crippen LogP contribution in [0.2, 0.25) is 0 Å². The van der Waals surface area contributed by atoms with Gasteiger partial charge in [-0.3, -0.25) is 9.69 Å². The maximum Gasteiger partial charge on any atom is 0.326 e. The molecule has 1 spiro atoms. The number of likely N-dealkylation sites (tertiary alicyclic amines) is 2. The van der Waals surface area contributed by atoms with Crippen molar-refractivity contribution in [3.8, 4) is 0 Å². The molecule has 0 saturated carbocycles. The summed E-state index contributed by atoms with van der Waals surface area (Å²) >= 11 is 1.72. The van der Waals surface area contributed by atoms with Crippen molar-refractivity contribution in [1.82, 2.24) is 9.80 Å². The second kappa shape index (κ2) is 6.01. The van der Waals surface area contributed by atoms with Gasteiger partial charge in [0.1, 0.15) is 6.04 Å². The van der Waals surface area contributed by atoms with E-state index in [2.05, 4.69) is 21.7 Å². The molecule has 1 aromatic rings. The number of nitrogens with zero attached hydrogens (tertiary/aromatic N) is 2. The first kappa shape index (κ1) is 15.5. The lowest BCUT2D eigenvalue weighted by Gasteiger charge is -2.39. The van der Waals surface area contributed by atoms with E-state index in [-0.39, 0.29) is 11.3 Å². The van der Waals surface area contributed by atoms with E-state index in [1.165, 1.54) is 12.5 Å². The molecular weight excluding hydrogens is 300 g/mol. The molecule has 1 amide bonds. The molecule has 22 heavy (non-hydrogen) atoms. The summed E-state index contributed by atoms with van der Waals surface area (Å²) in [5, 5.41) is 13.6. The van der Waals surface area contributed by atoms with E-state index in [1.54, 1.807) is 16.2 Å². The molecule has 0 aliphatic carbocycles. The van der Waals surface area contributed by atoms with Gasteiger partial charge in [0, 0.05) is 20.0 Å². The number of hydrogen-bond donors (Lipinski definition) is 1. The van der Waals surface area contributed by atoms with Crippen LogP contribution in [-0.2, 0) is 16.1 Å². The standard InChI is InChI=1S/C16H22N2O3S/c1-12(19)18-11-16(8-14(18)15(20)21)3-5-17(6-4-16)9-13-2-7-22-10-13/h2,7,10,14H,3-6,8-9,11H2,1H3,(H,20,21). The average Bonchev–Trinajstić information content (AvgIpc) is 3.10. The molecule has 2 aliphatic heterocycles. The number of carbonyl (C=O) groups excluding carboxylic acids is 1. The minimum atomic E-state index is -0.868. The molecule has 0 radical (unpaired) electrons. The Labute approximate surface area is 134 Å². The number of rotatable bonds is 3. The summed E-state index contributed by atoms with van der Waals surface area (Å²) < 4.78 is 0. The van der Waals surface area contributed by atoms with Crippen LogP contribution < -0.4 is 0 Å². The fraction of sp³-hybridized carbons (Fsp3) is 0.625. The summed E-state index contributed by atoms with van der Waals surface area (Å²) in [6.07, 6.45) is 2.56. The zero-order valence-electron chi connectivity index (χ0n) is 12.8. The van der Waals surface area contributed by atoms with Gasteiger partial charge >= 0.3 is 5.97 Å². The van der Waals surface area contributed by atoms with E-state index in [0.717, 1.165) is 32.5 Å². The molecule has 3 heterocycles. The third kappa shape index (κ3) is 3.03. The lowest BCUT2D eigenvalue weighted by Crippen LogP contribution is -2.42. The molecule has 2 aliphatic rings. The maximum atomic E-state index is 11.7. The van der Waals surface area contributed by atoms with Crippen molar-refractivity contribution in [2.75, 3.05) is 19.6 Å². The van der Waals surface area contributed by atoms with Crippen LogP contribution in [0.4, 0.5) is 0 Å². The summed E-state index contributed by atoms with van der Waals surface area (Å²) in [7, 11) is 0. The van der Waals surface area contributed by atoms with Crippen LogP contribution in [0.25, 0.3) is 0 Å². The van der Waals surface area contributed by atoms with Gasteiger partial charge in [-0.05, 0) is 60.2 Å². The molecule has 120 valence electrons. The number of piperidine rings is 1. The van der Waals surface area contributed by atoms with E-state index < -0.39 is 12.0 Å². The molecule has 1 N–H and O–H groups in total. The van der Waals surface area contributed by atoms with Gasteiger partial charge in [-0.25, -0.2) is 4.79 Å². The Balaban J connectivity index is 1.62. The molecule has 2 saturated heterocycles. The minimum absolute atomic E-state index is 0.000126. The number of carboxylic acid groups (broad SMARTS) is 1. The largest absolute Gasteiger partial charge is 0.480 e. The van der Waals surface area contributed by atoms with Crippen LogP contribution in [0.1, 0.15) is 31.7 Å². The summed E-state index contributed by atoms with van der Waals surface area (Å²) in [5.41, 5.74) is 1.35. The Morgan fingerprint density at radius 3 is 2.64 bits per heavy atom. The van der Waals surface area contributed by atoms with Crippen molar-refractivity contribution in [3.05, 3.63) is 22.4 Å². The van der Waals surface area contributed by atoms with Gasteiger partial charge in [0.25, 0.3) is 0 Å². The Morgan fingerprint density at radius 1 is 1.41 bits per heavy atom. The molecular formula is C16H22N2O3S. The van der Waals surface area contributed by atoms with E-state index in [9.17, 15) is 14.7 Å². The zero-order valence-corrected chi connectivity index (χ0v) is 13.6. The SMILES string of the molecule is CC(=O)N1CC2(CCN(Cc3ccsc3)CC2)CC1C(=O)O. The fourth-order valence-electron chi connectivity index (χ4n) is 3.80. The van der Waals surface area contributed by atoms with Gasteiger partial charge in [-0.15, -0.1) is 0 Å². The number of carboxylic acids is 1. The van der Waals surface area contributed by atoms with Gasteiger partial charge in [-0.2, -0.15) is 11.3 Å². The van der Waals surface area contributed by atoms with Crippen LogP contribution >= 0.6 is 11.3 Å². The normalized spacial score (nSPS) is 24.8. The van der Waals surface area contributed by atoms with E-state index >= 15 is 0 Å². The second-order valence-electron chi connectivity index (χ2n) is 6.61. The molecule has 5 nitrogen and oxygen atoms in total. The van der Waals surface area contributed by atoms with Crippen LogP contribution in [0.3, 0.4) is 0 Å². The lowest BCUT2D eigenvalue weighted by atomic mass is 9.76.